The van der Waals surface area contributed by atoms with Gasteiger partial charge in [0, 0.05) is 24.1 Å². The lowest BCUT2D eigenvalue weighted by Gasteiger charge is -2.40. The third-order valence-electron chi connectivity index (χ3n) is 4.65. The third-order valence-corrected chi connectivity index (χ3v) is 4.65. The summed E-state index contributed by atoms with van der Waals surface area (Å²) in [4.78, 5) is 0. The van der Waals surface area contributed by atoms with E-state index in [4.69, 9.17) is 9.47 Å². The van der Waals surface area contributed by atoms with Gasteiger partial charge in [0.1, 0.15) is 17.1 Å². The van der Waals surface area contributed by atoms with Crippen LogP contribution in [0.2, 0.25) is 0 Å². The number of nitrogens with one attached hydrogen (secondary N) is 1. The van der Waals surface area contributed by atoms with Crippen LogP contribution in [0.15, 0.2) is 18.2 Å². The van der Waals surface area contributed by atoms with Crippen molar-refractivity contribution in [3.8, 4) is 11.5 Å². The van der Waals surface area contributed by atoms with Crippen LogP contribution in [0.3, 0.4) is 0 Å². The first-order chi connectivity index (χ1) is 10.1. The van der Waals surface area contributed by atoms with Crippen LogP contribution >= 0.6 is 0 Å². The molecule has 1 saturated carbocycles. The van der Waals surface area contributed by atoms with E-state index in [9.17, 15) is 0 Å². The Morgan fingerprint density at radius 1 is 1.38 bits per heavy atom. The highest BCUT2D eigenvalue weighted by molar-refractivity contribution is 5.44. The molecule has 3 heteroatoms. The van der Waals surface area contributed by atoms with Crippen molar-refractivity contribution in [1.82, 2.24) is 5.32 Å². The number of rotatable bonds is 6. The first-order valence-corrected chi connectivity index (χ1v) is 8.24. The summed E-state index contributed by atoms with van der Waals surface area (Å²) in [5, 5.41) is 3.69. The largest absolute Gasteiger partial charge is 0.497 e. The Balaban J connectivity index is 1.86. The topological polar surface area (TPSA) is 30.5 Å². The standard InChI is InChI=1S/C18H27NO2/c1-4-9-19-16-12-18(2,11-13-5-6-13)21-17-10-14(20-3)7-8-15(16)17/h7-8,10,13,16,19H,4-6,9,11-12H2,1-3H3. The van der Waals surface area contributed by atoms with Gasteiger partial charge in [0.25, 0.3) is 0 Å². The van der Waals surface area contributed by atoms with Crippen LogP contribution in [0.5, 0.6) is 11.5 Å². The van der Waals surface area contributed by atoms with Gasteiger partial charge in [-0.05, 0) is 38.3 Å². The molecule has 2 atom stereocenters. The number of ether oxygens (including phenoxy) is 2. The number of hydrogen-bond acceptors (Lipinski definition) is 3. The van der Waals surface area contributed by atoms with Gasteiger partial charge in [-0.1, -0.05) is 25.8 Å². The molecule has 21 heavy (non-hydrogen) atoms. The van der Waals surface area contributed by atoms with Crippen LogP contribution in [0.1, 0.15) is 57.6 Å². The minimum Gasteiger partial charge on any atom is -0.497 e. The molecule has 3 nitrogen and oxygen atoms in total. The Morgan fingerprint density at radius 2 is 2.19 bits per heavy atom. The molecule has 1 heterocycles. The normalized spacial score (nSPS) is 27.9. The average molecular weight is 289 g/mol. The SMILES string of the molecule is CCCNC1CC(C)(CC2CC2)Oc2cc(OC)ccc21. The molecule has 2 aliphatic rings. The zero-order valence-electron chi connectivity index (χ0n) is 13.4. The molecular weight excluding hydrogens is 262 g/mol. The molecule has 0 bridgehead atoms. The smallest absolute Gasteiger partial charge is 0.128 e. The van der Waals surface area contributed by atoms with Crippen LogP contribution in [-0.4, -0.2) is 19.3 Å². The van der Waals surface area contributed by atoms with Gasteiger partial charge in [0.05, 0.1) is 7.11 Å². The van der Waals surface area contributed by atoms with Crippen molar-refractivity contribution in [3.05, 3.63) is 23.8 Å². The quantitative estimate of drug-likeness (QED) is 0.856. The van der Waals surface area contributed by atoms with Crippen molar-refractivity contribution in [2.24, 2.45) is 5.92 Å². The summed E-state index contributed by atoms with van der Waals surface area (Å²) < 4.78 is 11.8. The fourth-order valence-corrected chi connectivity index (χ4v) is 3.43. The van der Waals surface area contributed by atoms with Crippen molar-refractivity contribution >= 4 is 0 Å². The van der Waals surface area contributed by atoms with E-state index < -0.39 is 0 Å². The maximum Gasteiger partial charge on any atom is 0.128 e. The first kappa shape index (κ1) is 14.7. The number of methoxy groups -OCH3 is 1. The summed E-state index contributed by atoms with van der Waals surface area (Å²) in [5.74, 6) is 2.74. The Kier molecular flexibility index (Phi) is 4.12. The summed E-state index contributed by atoms with van der Waals surface area (Å²) in [7, 11) is 1.71. The maximum atomic E-state index is 6.40. The van der Waals surface area contributed by atoms with Crippen molar-refractivity contribution in [2.45, 2.75) is 57.6 Å². The van der Waals surface area contributed by atoms with E-state index in [2.05, 4.69) is 25.2 Å². The fraction of sp³-hybridized carbons (Fsp3) is 0.667. The van der Waals surface area contributed by atoms with Crippen LogP contribution < -0.4 is 14.8 Å². The lowest BCUT2D eigenvalue weighted by atomic mass is 9.84. The van der Waals surface area contributed by atoms with E-state index in [1.165, 1.54) is 24.8 Å². The van der Waals surface area contributed by atoms with E-state index in [1.54, 1.807) is 7.11 Å². The molecule has 1 aromatic rings. The summed E-state index contributed by atoms with van der Waals surface area (Å²) in [6.45, 7) is 5.54. The third kappa shape index (κ3) is 3.34. The highest BCUT2D eigenvalue weighted by atomic mass is 16.5. The second-order valence-electron chi connectivity index (χ2n) is 6.81. The molecule has 1 aromatic carbocycles. The Labute approximate surface area is 128 Å². The van der Waals surface area contributed by atoms with Gasteiger partial charge >= 0.3 is 0 Å². The average Bonchev–Trinajstić information content (AvgIpc) is 3.27. The second kappa shape index (κ2) is 5.88. The highest BCUT2D eigenvalue weighted by Gasteiger charge is 2.41. The van der Waals surface area contributed by atoms with Gasteiger partial charge in [0.15, 0.2) is 0 Å². The molecule has 2 unspecified atom stereocenters. The van der Waals surface area contributed by atoms with Crippen molar-refractivity contribution < 1.29 is 9.47 Å². The van der Waals surface area contributed by atoms with E-state index in [0.717, 1.165) is 36.8 Å². The van der Waals surface area contributed by atoms with E-state index in [1.807, 2.05) is 12.1 Å². The maximum absolute atomic E-state index is 6.40. The van der Waals surface area contributed by atoms with E-state index in [0.29, 0.717) is 6.04 Å². The van der Waals surface area contributed by atoms with Crippen LogP contribution in [0, 0.1) is 5.92 Å². The summed E-state index contributed by atoms with van der Waals surface area (Å²) in [5.41, 5.74) is 1.23. The van der Waals surface area contributed by atoms with Crippen molar-refractivity contribution in [3.63, 3.8) is 0 Å². The lowest BCUT2D eigenvalue weighted by molar-refractivity contribution is 0.0343. The molecule has 0 radical (unpaired) electrons. The molecule has 0 spiro atoms. The van der Waals surface area contributed by atoms with Gasteiger partial charge in [-0.2, -0.15) is 0 Å². The van der Waals surface area contributed by atoms with Gasteiger partial charge in [0.2, 0.25) is 0 Å². The zero-order valence-corrected chi connectivity index (χ0v) is 13.4. The fourth-order valence-electron chi connectivity index (χ4n) is 3.43. The van der Waals surface area contributed by atoms with Gasteiger partial charge < -0.3 is 14.8 Å². The van der Waals surface area contributed by atoms with Crippen LogP contribution in [0.25, 0.3) is 0 Å². The van der Waals surface area contributed by atoms with E-state index in [-0.39, 0.29) is 5.60 Å². The number of benzene rings is 1. The van der Waals surface area contributed by atoms with Gasteiger partial charge in [-0.25, -0.2) is 0 Å². The van der Waals surface area contributed by atoms with E-state index >= 15 is 0 Å². The molecule has 3 rings (SSSR count). The molecule has 0 aromatic heterocycles. The minimum absolute atomic E-state index is 0.0497. The number of fused-ring (bicyclic) bond motifs is 1. The molecule has 1 fully saturated rings. The first-order valence-electron chi connectivity index (χ1n) is 8.24. The van der Waals surface area contributed by atoms with Crippen LogP contribution in [-0.2, 0) is 0 Å². The summed E-state index contributed by atoms with van der Waals surface area (Å²) in [6.07, 6.45) is 6.13. The number of hydrogen-bond donors (Lipinski definition) is 1. The Morgan fingerprint density at radius 3 is 2.86 bits per heavy atom. The van der Waals surface area contributed by atoms with Gasteiger partial charge in [-0.3, -0.25) is 0 Å². The molecule has 0 amide bonds. The second-order valence-corrected chi connectivity index (χ2v) is 6.81. The van der Waals surface area contributed by atoms with Crippen molar-refractivity contribution in [2.75, 3.05) is 13.7 Å². The summed E-state index contributed by atoms with van der Waals surface area (Å²) >= 11 is 0. The Bertz CT molecular complexity index is 498. The predicted molar refractivity (Wildman–Crippen MR) is 85.0 cm³/mol. The molecule has 1 aliphatic heterocycles. The molecule has 1 N–H and O–H groups in total. The molecule has 116 valence electrons. The molecular formula is C18H27NO2. The monoisotopic (exact) mass is 289 g/mol. The molecule has 0 saturated heterocycles. The van der Waals surface area contributed by atoms with Gasteiger partial charge in [-0.15, -0.1) is 0 Å². The molecule has 1 aliphatic carbocycles. The van der Waals surface area contributed by atoms with Crippen LogP contribution in [0.4, 0.5) is 0 Å². The highest BCUT2D eigenvalue weighted by Crippen LogP contribution is 2.47. The van der Waals surface area contributed by atoms with Crippen molar-refractivity contribution in [1.29, 1.82) is 0 Å². The summed E-state index contributed by atoms with van der Waals surface area (Å²) in [6, 6.07) is 6.62. The predicted octanol–water partition coefficient (Wildman–Crippen LogP) is 4.08. The lowest BCUT2D eigenvalue weighted by Crippen LogP contribution is -2.42. The Hall–Kier alpha value is -1.22. The minimum atomic E-state index is -0.0497. The zero-order chi connectivity index (χ0) is 14.9.